The number of benzene rings is 1. The summed E-state index contributed by atoms with van der Waals surface area (Å²) in [7, 11) is 0. The lowest BCUT2D eigenvalue weighted by atomic mass is 10.2. The monoisotopic (exact) mass is 454 g/mol. The summed E-state index contributed by atoms with van der Waals surface area (Å²) in [4.78, 5) is 24.0. The van der Waals surface area contributed by atoms with Gasteiger partial charge in [-0.05, 0) is 37.8 Å². The molecule has 2 rings (SSSR count). The zero-order valence-electron chi connectivity index (χ0n) is 9.61. The van der Waals surface area contributed by atoms with Crippen LogP contribution < -0.4 is 4.90 Å². The number of anilines is 1. The van der Waals surface area contributed by atoms with Gasteiger partial charge in [0, 0.05) is 39.4 Å². The number of nitro benzene ring substituents is 1. The van der Waals surface area contributed by atoms with Crippen molar-refractivity contribution in [3.63, 3.8) is 0 Å². The second kappa shape index (κ2) is 5.88. The highest BCUT2D eigenvalue weighted by Crippen LogP contribution is 2.40. The molecule has 102 valence electrons. The molecular weight excluding hydrogens is 448 g/mol. The number of hydrogen-bond acceptors (Lipinski definition) is 3. The van der Waals surface area contributed by atoms with Crippen LogP contribution in [0.2, 0.25) is 0 Å². The van der Waals surface area contributed by atoms with E-state index in [-0.39, 0.29) is 17.5 Å². The first kappa shape index (κ1) is 14.9. The lowest BCUT2D eigenvalue weighted by molar-refractivity contribution is -0.385. The number of carbonyl (C=O) groups is 1. The third-order valence-electron chi connectivity index (χ3n) is 2.91. The van der Waals surface area contributed by atoms with Crippen LogP contribution in [-0.2, 0) is 4.79 Å². The maximum absolute atomic E-state index is 12.0. The second-order valence-corrected chi connectivity index (χ2v) is 6.60. The van der Waals surface area contributed by atoms with E-state index < -0.39 is 4.92 Å². The van der Waals surface area contributed by atoms with E-state index in [9.17, 15) is 14.9 Å². The maximum Gasteiger partial charge on any atom is 0.271 e. The third kappa shape index (κ3) is 3.00. The molecule has 1 unspecified atom stereocenters. The lowest BCUT2D eigenvalue weighted by Crippen LogP contribution is -2.25. The number of carbonyl (C=O) groups excluding carboxylic acids is 1. The summed E-state index contributed by atoms with van der Waals surface area (Å²) in [6.45, 7) is 0.610. The molecule has 1 heterocycles. The molecule has 1 fully saturated rings. The fourth-order valence-corrected chi connectivity index (χ4v) is 4.04. The van der Waals surface area contributed by atoms with E-state index in [2.05, 4.69) is 47.8 Å². The van der Waals surface area contributed by atoms with E-state index in [0.717, 1.165) is 5.33 Å². The molecule has 0 saturated carbocycles. The number of rotatable bonds is 3. The van der Waals surface area contributed by atoms with Crippen LogP contribution in [0.5, 0.6) is 0 Å². The number of nitro groups is 1. The first-order valence-corrected chi connectivity index (χ1v) is 8.14. The molecule has 1 aromatic rings. The highest BCUT2D eigenvalue weighted by molar-refractivity contribution is 9.11. The summed E-state index contributed by atoms with van der Waals surface area (Å²) in [5.41, 5.74) is 0.630. The molecule has 1 saturated heterocycles. The first-order valence-electron chi connectivity index (χ1n) is 5.43. The van der Waals surface area contributed by atoms with Crippen molar-refractivity contribution in [3.05, 3.63) is 31.2 Å². The molecule has 1 aromatic carbocycles. The Labute approximate surface area is 134 Å². The second-order valence-electron chi connectivity index (χ2n) is 4.24. The summed E-state index contributed by atoms with van der Waals surface area (Å²) in [6, 6.07) is 2.82. The summed E-state index contributed by atoms with van der Waals surface area (Å²) in [5.74, 6) is 0.293. The number of halogens is 3. The lowest BCUT2D eigenvalue weighted by Gasteiger charge is -2.19. The summed E-state index contributed by atoms with van der Waals surface area (Å²) in [5, 5.41) is 11.5. The smallest absolute Gasteiger partial charge is 0.271 e. The Morgan fingerprint density at radius 1 is 1.37 bits per heavy atom. The normalized spacial score (nSPS) is 19.0. The van der Waals surface area contributed by atoms with Gasteiger partial charge in [-0.3, -0.25) is 14.9 Å². The molecule has 19 heavy (non-hydrogen) atoms. The number of alkyl halides is 1. The predicted molar refractivity (Wildman–Crippen MR) is 82.8 cm³/mol. The molecular formula is C11H9Br3N2O3. The zero-order chi connectivity index (χ0) is 14.2. The molecule has 0 aromatic heterocycles. The zero-order valence-corrected chi connectivity index (χ0v) is 14.4. The van der Waals surface area contributed by atoms with E-state index in [4.69, 9.17) is 0 Å². The van der Waals surface area contributed by atoms with Gasteiger partial charge in [0.05, 0.1) is 10.6 Å². The van der Waals surface area contributed by atoms with Gasteiger partial charge in [-0.1, -0.05) is 15.9 Å². The van der Waals surface area contributed by atoms with E-state index in [0.29, 0.717) is 27.6 Å². The van der Waals surface area contributed by atoms with E-state index >= 15 is 0 Å². The van der Waals surface area contributed by atoms with Gasteiger partial charge in [-0.2, -0.15) is 0 Å². The molecule has 1 aliphatic heterocycles. The Morgan fingerprint density at radius 3 is 2.37 bits per heavy atom. The van der Waals surface area contributed by atoms with Gasteiger partial charge in [0.1, 0.15) is 0 Å². The van der Waals surface area contributed by atoms with E-state index in [1.165, 1.54) is 12.1 Å². The van der Waals surface area contributed by atoms with Crippen LogP contribution in [0.4, 0.5) is 11.4 Å². The summed E-state index contributed by atoms with van der Waals surface area (Å²) >= 11 is 9.99. The standard InChI is InChI=1S/C11H9Br3N2O3/c12-4-6-1-10(17)15(5-6)11-8(13)2-7(16(18)19)3-9(11)14/h2-3,6H,1,4-5H2. The quantitative estimate of drug-likeness (QED) is 0.394. The van der Waals surface area contributed by atoms with Crippen molar-refractivity contribution < 1.29 is 9.72 Å². The average Bonchev–Trinajstić information content (AvgIpc) is 2.70. The van der Waals surface area contributed by atoms with Crippen molar-refractivity contribution >= 4 is 65.1 Å². The van der Waals surface area contributed by atoms with Crippen molar-refractivity contribution in [1.82, 2.24) is 0 Å². The molecule has 0 radical (unpaired) electrons. The molecule has 1 amide bonds. The van der Waals surface area contributed by atoms with Gasteiger partial charge in [0.25, 0.3) is 5.69 Å². The van der Waals surface area contributed by atoms with Crippen LogP contribution in [0.15, 0.2) is 21.1 Å². The Balaban J connectivity index is 2.41. The van der Waals surface area contributed by atoms with Crippen molar-refractivity contribution in [2.45, 2.75) is 6.42 Å². The number of non-ortho nitro benzene ring substituents is 1. The van der Waals surface area contributed by atoms with E-state index in [1.54, 1.807) is 4.90 Å². The van der Waals surface area contributed by atoms with Crippen molar-refractivity contribution in [2.75, 3.05) is 16.8 Å². The molecule has 0 bridgehead atoms. The fraction of sp³-hybridized carbons (Fsp3) is 0.364. The van der Waals surface area contributed by atoms with Crippen LogP contribution >= 0.6 is 47.8 Å². The first-order chi connectivity index (χ1) is 8.93. The van der Waals surface area contributed by atoms with Crippen LogP contribution in [0.1, 0.15) is 6.42 Å². The molecule has 5 nitrogen and oxygen atoms in total. The van der Waals surface area contributed by atoms with Gasteiger partial charge in [0.2, 0.25) is 5.91 Å². The molecule has 0 aliphatic carbocycles. The van der Waals surface area contributed by atoms with Crippen molar-refractivity contribution in [2.24, 2.45) is 5.92 Å². The minimum Gasteiger partial charge on any atom is -0.310 e. The van der Waals surface area contributed by atoms with Gasteiger partial charge in [-0.25, -0.2) is 0 Å². The third-order valence-corrected chi connectivity index (χ3v) is 5.03. The largest absolute Gasteiger partial charge is 0.310 e. The summed E-state index contributed by atoms with van der Waals surface area (Å²) in [6.07, 6.45) is 0.487. The maximum atomic E-state index is 12.0. The molecule has 1 atom stereocenters. The van der Waals surface area contributed by atoms with Crippen molar-refractivity contribution in [3.8, 4) is 0 Å². The Kier molecular flexibility index (Phi) is 4.62. The van der Waals surface area contributed by atoms with Gasteiger partial charge in [-0.15, -0.1) is 0 Å². The predicted octanol–water partition coefficient (Wildman–Crippen LogP) is 3.87. The molecule has 0 spiro atoms. The SMILES string of the molecule is O=C1CC(CBr)CN1c1c(Br)cc([N+](=O)[O-])cc1Br. The molecule has 8 heteroatoms. The highest BCUT2D eigenvalue weighted by atomic mass is 79.9. The van der Waals surface area contributed by atoms with Gasteiger partial charge in [0.15, 0.2) is 0 Å². The Hall–Kier alpha value is -0.470. The van der Waals surface area contributed by atoms with Gasteiger partial charge >= 0.3 is 0 Å². The Morgan fingerprint density at radius 2 is 1.95 bits per heavy atom. The minimum atomic E-state index is -0.466. The minimum absolute atomic E-state index is 0.0220. The topological polar surface area (TPSA) is 63.5 Å². The average molecular weight is 457 g/mol. The molecule has 1 aliphatic rings. The molecule has 0 N–H and O–H groups in total. The van der Waals surface area contributed by atoms with Crippen LogP contribution in [0.25, 0.3) is 0 Å². The number of amides is 1. The van der Waals surface area contributed by atoms with Crippen molar-refractivity contribution in [1.29, 1.82) is 0 Å². The number of nitrogens with zero attached hydrogens (tertiary/aromatic N) is 2. The highest BCUT2D eigenvalue weighted by Gasteiger charge is 2.32. The Bertz CT molecular complexity index is 527. The fourth-order valence-electron chi connectivity index (χ4n) is 2.02. The summed E-state index contributed by atoms with van der Waals surface area (Å²) < 4.78 is 1.08. The van der Waals surface area contributed by atoms with Crippen LogP contribution in [-0.4, -0.2) is 22.7 Å². The van der Waals surface area contributed by atoms with Crippen LogP contribution in [0, 0.1) is 16.0 Å². The van der Waals surface area contributed by atoms with E-state index in [1.807, 2.05) is 0 Å². The number of hydrogen-bond donors (Lipinski definition) is 0. The van der Waals surface area contributed by atoms with Gasteiger partial charge < -0.3 is 4.90 Å². The van der Waals surface area contributed by atoms with Crippen LogP contribution in [0.3, 0.4) is 0 Å².